The Balaban J connectivity index is 2.96. The van der Waals surface area contributed by atoms with Gasteiger partial charge in [0.2, 0.25) is 0 Å². The summed E-state index contributed by atoms with van der Waals surface area (Å²) in [6.45, 7) is 0. The fraction of sp³-hybridized carbons (Fsp3) is 0.300. The lowest BCUT2D eigenvalue weighted by Gasteiger charge is -2.02. The van der Waals surface area contributed by atoms with E-state index in [4.69, 9.17) is 23.2 Å². The van der Waals surface area contributed by atoms with Crippen LogP contribution in [0.1, 0.15) is 22.3 Å². The number of alkyl halides is 2. The maximum Gasteiger partial charge on any atom is 0.164 e. The number of halogens is 3. The van der Waals surface area contributed by atoms with E-state index in [1.54, 1.807) is 6.07 Å². The Bertz CT molecular complexity index is 339. The maximum absolute atomic E-state index is 11.5. The van der Waals surface area contributed by atoms with Crippen molar-refractivity contribution in [2.45, 2.75) is 11.8 Å². The van der Waals surface area contributed by atoms with Gasteiger partial charge in [0.25, 0.3) is 0 Å². The molecular weight excluding hydrogens is 287 g/mol. The second kappa shape index (κ2) is 5.74. The lowest BCUT2D eigenvalue weighted by atomic mass is 10.1. The molecule has 0 bridgehead atoms. The van der Waals surface area contributed by atoms with Crippen molar-refractivity contribution in [1.29, 1.82) is 0 Å². The molecule has 0 fully saturated rings. The van der Waals surface area contributed by atoms with Crippen molar-refractivity contribution >= 4 is 44.9 Å². The number of Topliss-reactive ketones (excluding diaryl/α,β-unsaturated/α-hetero) is 1. The number of carbonyl (C=O) groups excluding carboxylic acids is 1. The first kappa shape index (κ1) is 12.0. The van der Waals surface area contributed by atoms with Crippen molar-refractivity contribution in [1.82, 2.24) is 0 Å². The summed E-state index contributed by atoms with van der Waals surface area (Å²) in [4.78, 5) is 11.5. The van der Waals surface area contributed by atoms with Crippen LogP contribution in [-0.2, 0) is 5.33 Å². The number of carbonyl (C=O) groups is 1. The van der Waals surface area contributed by atoms with Gasteiger partial charge in [-0.25, -0.2) is 0 Å². The summed E-state index contributed by atoms with van der Waals surface area (Å²) < 4.78 is 0. The number of hydrogen-bond donors (Lipinski definition) is 0. The fourth-order valence-corrected chi connectivity index (χ4v) is 1.87. The molecule has 0 aliphatic rings. The molecule has 0 saturated heterocycles. The van der Waals surface area contributed by atoms with Gasteiger partial charge in [0.05, 0.1) is 0 Å². The first-order chi connectivity index (χ1) is 6.67. The van der Waals surface area contributed by atoms with E-state index in [2.05, 4.69) is 15.9 Å². The minimum absolute atomic E-state index is 0.0321. The van der Waals surface area contributed by atoms with Gasteiger partial charge in [-0.1, -0.05) is 27.5 Å². The van der Waals surface area contributed by atoms with E-state index < -0.39 is 0 Å². The zero-order valence-corrected chi connectivity index (χ0v) is 10.5. The van der Waals surface area contributed by atoms with Gasteiger partial charge in [-0.2, -0.15) is 0 Å². The molecule has 0 amide bonds. The van der Waals surface area contributed by atoms with E-state index in [0.29, 0.717) is 28.2 Å². The topological polar surface area (TPSA) is 17.1 Å². The average Bonchev–Trinajstić information content (AvgIpc) is 2.17. The molecule has 0 atom stereocenters. The van der Waals surface area contributed by atoms with Crippen LogP contribution >= 0.6 is 39.1 Å². The second-order valence-corrected chi connectivity index (χ2v) is 4.22. The molecule has 0 aliphatic carbocycles. The van der Waals surface area contributed by atoms with E-state index in [0.717, 1.165) is 5.56 Å². The molecule has 0 aliphatic heterocycles. The second-order valence-electron chi connectivity index (χ2n) is 2.84. The minimum Gasteiger partial charge on any atom is -0.294 e. The van der Waals surface area contributed by atoms with E-state index in [9.17, 15) is 4.79 Å². The van der Waals surface area contributed by atoms with Gasteiger partial charge in [0.15, 0.2) is 5.78 Å². The molecule has 1 rings (SSSR count). The van der Waals surface area contributed by atoms with Crippen LogP contribution in [0, 0.1) is 0 Å². The summed E-state index contributed by atoms with van der Waals surface area (Å²) in [6, 6.07) is 5.33. The summed E-state index contributed by atoms with van der Waals surface area (Å²) in [5.74, 6) is 0.374. The molecular formula is C10H9BrCl2O. The van der Waals surface area contributed by atoms with Gasteiger partial charge < -0.3 is 0 Å². The van der Waals surface area contributed by atoms with Gasteiger partial charge in [0, 0.05) is 28.2 Å². The molecule has 1 aromatic rings. The Labute approximate surface area is 102 Å². The lowest BCUT2D eigenvalue weighted by molar-refractivity contribution is 0.0989. The SMILES string of the molecule is O=C(CCCl)c1cc(Cl)cc(CBr)c1. The largest absolute Gasteiger partial charge is 0.294 e. The zero-order valence-electron chi connectivity index (χ0n) is 7.40. The fourth-order valence-electron chi connectivity index (χ4n) is 1.12. The summed E-state index contributed by atoms with van der Waals surface area (Å²) in [7, 11) is 0. The lowest BCUT2D eigenvalue weighted by Crippen LogP contribution is -2.00. The minimum atomic E-state index is 0.0321. The molecule has 0 unspecified atom stereocenters. The highest BCUT2D eigenvalue weighted by atomic mass is 79.9. The van der Waals surface area contributed by atoms with Gasteiger partial charge >= 0.3 is 0 Å². The van der Waals surface area contributed by atoms with Crippen LogP contribution in [0.5, 0.6) is 0 Å². The summed E-state index contributed by atoms with van der Waals surface area (Å²) in [5.41, 5.74) is 1.63. The molecule has 4 heteroatoms. The predicted molar refractivity (Wildman–Crippen MR) is 63.8 cm³/mol. The third-order valence-corrected chi connectivity index (χ3v) is 2.81. The van der Waals surface area contributed by atoms with Crippen molar-refractivity contribution < 1.29 is 4.79 Å². The number of hydrogen-bond acceptors (Lipinski definition) is 1. The van der Waals surface area contributed by atoms with Crippen LogP contribution < -0.4 is 0 Å². The Morgan fingerprint density at radius 1 is 1.36 bits per heavy atom. The number of rotatable bonds is 4. The first-order valence-corrected chi connectivity index (χ1v) is 6.15. The monoisotopic (exact) mass is 294 g/mol. The summed E-state index contributed by atoms with van der Waals surface area (Å²) >= 11 is 14.7. The predicted octanol–water partition coefficient (Wildman–Crippen LogP) is 4.05. The van der Waals surface area contributed by atoms with Gasteiger partial charge in [0.1, 0.15) is 0 Å². The molecule has 0 N–H and O–H groups in total. The molecule has 0 radical (unpaired) electrons. The van der Waals surface area contributed by atoms with Crippen LogP contribution in [0.3, 0.4) is 0 Å². The molecule has 0 spiro atoms. The zero-order chi connectivity index (χ0) is 10.6. The van der Waals surface area contributed by atoms with Crippen LogP contribution in [0.2, 0.25) is 5.02 Å². The number of ketones is 1. The van der Waals surface area contributed by atoms with E-state index in [1.807, 2.05) is 12.1 Å². The van der Waals surface area contributed by atoms with Crippen LogP contribution in [0.4, 0.5) is 0 Å². The normalized spacial score (nSPS) is 10.2. The first-order valence-electron chi connectivity index (χ1n) is 4.12. The summed E-state index contributed by atoms with van der Waals surface area (Å²) in [6.07, 6.45) is 0.351. The van der Waals surface area contributed by atoms with Crippen molar-refractivity contribution in [3.63, 3.8) is 0 Å². The van der Waals surface area contributed by atoms with Crippen LogP contribution in [0.25, 0.3) is 0 Å². The van der Waals surface area contributed by atoms with Gasteiger partial charge in [-0.3, -0.25) is 4.79 Å². The molecule has 0 heterocycles. The quantitative estimate of drug-likeness (QED) is 0.605. The van der Waals surface area contributed by atoms with E-state index in [-0.39, 0.29) is 5.78 Å². The highest BCUT2D eigenvalue weighted by molar-refractivity contribution is 9.08. The van der Waals surface area contributed by atoms with E-state index >= 15 is 0 Å². The third-order valence-electron chi connectivity index (χ3n) is 1.76. The van der Waals surface area contributed by atoms with Gasteiger partial charge in [-0.05, 0) is 23.8 Å². The van der Waals surface area contributed by atoms with Crippen molar-refractivity contribution in [3.8, 4) is 0 Å². The van der Waals surface area contributed by atoms with Crippen molar-refractivity contribution in [3.05, 3.63) is 34.3 Å². The molecule has 14 heavy (non-hydrogen) atoms. The molecule has 0 aromatic heterocycles. The molecule has 0 saturated carbocycles. The molecule has 76 valence electrons. The Hall–Kier alpha value is -0.0500. The Kier molecular flexibility index (Phi) is 4.93. The standard InChI is InChI=1S/C10H9BrCl2O/c11-6-7-3-8(5-9(13)4-7)10(14)1-2-12/h3-5H,1-2,6H2. The average molecular weight is 296 g/mol. The molecule has 1 aromatic carbocycles. The Morgan fingerprint density at radius 2 is 2.07 bits per heavy atom. The van der Waals surface area contributed by atoms with Crippen LogP contribution in [0.15, 0.2) is 18.2 Å². The third kappa shape index (κ3) is 3.26. The van der Waals surface area contributed by atoms with Gasteiger partial charge in [-0.15, -0.1) is 11.6 Å². The van der Waals surface area contributed by atoms with Crippen LogP contribution in [-0.4, -0.2) is 11.7 Å². The van der Waals surface area contributed by atoms with Crippen molar-refractivity contribution in [2.75, 3.05) is 5.88 Å². The maximum atomic E-state index is 11.5. The Morgan fingerprint density at radius 3 is 2.64 bits per heavy atom. The van der Waals surface area contributed by atoms with Crippen molar-refractivity contribution in [2.24, 2.45) is 0 Å². The summed E-state index contributed by atoms with van der Waals surface area (Å²) in [5, 5.41) is 1.27. The highest BCUT2D eigenvalue weighted by Gasteiger charge is 2.07. The molecule has 1 nitrogen and oxygen atoms in total. The highest BCUT2D eigenvalue weighted by Crippen LogP contribution is 2.18. The van der Waals surface area contributed by atoms with E-state index in [1.165, 1.54) is 0 Å². The smallest absolute Gasteiger partial charge is 0.164 e. The number of benzene rings is 1.